The molecule has 0 fully saturated rings. The molecule has 0 aliphatic rings. The van der Waals surface area contributed by atoms with Crippen LogP contribution in [0.3, 0.4) is 0 Å². The van der Waals surface area contributed by atoms with Gasteiger partial charge in [-0.1, -0.05) is 36.4 Å². The molecule has 1 aromatic rings. The molecule has 0 radical (unpaired) electrons. The number of hydrogen-bond acceptors (Lipinski definition) is 1. The molecule has 1 rings (SSSR count). The highest BCUT2D eigenvalue weighted by atomic mass is 35.5. The van der Waals surface area contributed by atoms with Crippen molar-refractivity contribution in [2.24, 2.45) is 0 Å². The Kier molecular flexibility index (Phi) is 5.46. The first-order valence-corrected chi connectivity index (χ1v) is 9.82. The predicted octanol–water partition coefficient (Wildman–Crippen LogP) is 5.02. The van der Waals surface area contributed by atoms with Crippen LogP contribution in [0.2, 0.25) is 13.1 Å². The highest BCUT2D eigenvalue weighted by molar-refractivity contribution is 6.77. The molecular formula is C14H18ClF3OSi. The van der Waals surface area contributed by atoms with Crippen molar-refractivity contribution in [3.63, 3.8) is 0 Å². The number of alkyl halides is 4. The van der Waals surface area contributed by atoms with Crippen LogP contribution in [0.25, 0.3) is 6.08 Å². The number of rotatable bonds is 5. The Balaban J connectivity index is 3.04. The van der Waals surface area contributed by atoms with Gasteiger partial charge in [0, 0.05) is 5.50 Å². The summed E-state index contributed by atoms with van der Waals surface area (Å²) in [5, 5.41) is 0. The second-order valence-corrected chi connectivity index (χ2v) is 10.1. The topological polar surface area (TPSA) is 9.23 Å². The van der Waals surface area contributed by atoms with Crippen LogP contribution in [0, 0.1) is 0 Å². The van der Waals surface area contributed by atoms with Crippen LogP contribution in [0.5, 0.6) is 0 Å². The van der Waals surface area contributed by atoms with Crippen molar-refractivity contribution in [2.45, 2.75) is 31.8 Å². The maximum Gasteiger partial charge on any atom is 0.419 e. The van der Waals surface area contributed by atoms with E-state index in [1.54, 1.807) is 43.4 Å². The maximum absolute atomic E-state index is 13.3. The average Bonchev–Trinajstić information content (AvgIpc) is 2.36. The molecule has 1 atom stereocenters. The third kappa shape index (κ3) is 4.65. The highest BCUT2D eigenvalue weighted by Gasteiger charge is 2.53. The second kappa shape index (κ2) is 6.33. The predicted molar refractivity (Wildman–Crippen MR) is 79.2 cm³/mol. The van der Waals surface area contributed by atoms with E-state index < -0.39 is 20.1 Å². The van der Waals surface area contributed by atoms with Crippen LogP contribution in [-0.4, -0.2) is 25.6 Å². The smallest absolute Gasteiger partial charge is 0.400 e. The monoisotopic (exact) mass is 322 g/mol. The highest BCUT2D eigenvalue weighted by Crippen LogP contribution is 2.37. The summed E-state index contributed by atoms with van der Waals surface area (Å²) >= 11 is 5.71. The van der Waals surface area contributed by atoms with E-state index >= 15 is 0 Å². The summed E-state index contributed by atoms with van der Waals surface area (Å²) in [5.41, 5.74) is -1.53. The van der Waals surface area contributed by atoms with Crippen LogP contribution in [0.15, 0.2) is 36.4 Å². The largest absolute Gasteiger partial charge is 0.419 e. The minimum Gasteiger partial charge on any atom is -0.400 e. The summed E-state index contributed by atoms with van der Waals surface area (Å²) in [5.74, 6) is 0. The number of benzene rings is 1. The normalized spacial score (nSPS) is 16.4. The van der Waals surface area contributed by atoms with Gasteiger partial charge in [0.05, 0.1) is 0 Å². The number of halogens is 4. The van der Waals surface area contributed by atoms with Gasteiger partial charge in [-0.05, 0) is 31.7 Å². The van der Waals surface area contributed by atoms with Gasteiger partial charge < -0.3 is 4.43 Å². The van der Waals surface area contributed by atoms with Gasteiger partial charge in [-0.3, -0.25) is 0 Å². The SMILES string of the molecule is CC(/C=C/c1ccccc1)(O[Si](C)(C)CCl)C(F)(F)F. The second-order valence-electron chi connectivity index (χ2n) is 5.34. The van der Waals surface area contributed by atoms with Gasteiger partial charge in [-0.2, -0.15) is 13.2 Å². The quantitative estimate of drug-likeness (QED) is 0.546. The molecule has 1 aromatic carbocycles. The van der Waals surface area contributed by atoms with E-state index in [-0.39, 0.29) is 5.50 Å². The fourth-order valence-electron chi connectivity index (χ4n) is 1.61. The van der Waals surface area contributed by atoms with E-state index in [1.807, 2.05) is 0 Å². The molecule has 0 aliphatic carbocycles. The summed E-state index contributed by atoms with van der Waals surface area (Å²) in [6.45, 7) is 4.37. The molecule has 0 aliphatic heterocycles. The van der Waals surface area contributed by atoms with Gasteiger partial charge in [0.1, 0.15) is 0 Å². The number of hydrogen-bond donors (Lipinski definition) is 0. The van der Waals surface area contributed by atoms with E-state index in [2.05, 4.69) is 0 Å². The van der Waals surface area contributed by atoms with E-state index in [0.717, 1.165) is 13.0 Å². The minimum atomic E-state index is -4.49. The van der Waals surface area contributed by atoms with E-state index in [9.17, 15) is 13.2 Å². The average molecular weight is 323 g/mol. The zero-order valence-electron chi connectivity index (χ0n) is 11.7. The van der Waals surface area contributed by atoms with Crippen molar-refractivity contribution in [1.29, 1.82) is 0 Å². The molecule has 0 aromatic heterocycles. The van der Waals surface area contributed by atoms with E-state index in [4.69, 9.17) is 16.0 Å². The molecule has 0 saturated carbocycles. The van der Waals surface area contributed by atoms with Gasteiger partial charge in [0.15, 0.2) is 5.60 Å². The molecule has 0 heterocycles. The first-order valence-electron chi connectivity index (χ1n) is 6.17. The standard InChI is InChI=1S/C14H18ClF3OSi/c1-13(14(16,17)18,19-20(2,3)11-15)10-9-12-7-5-4-6-8-12/h4-10H,11H2,1-3H3/b10-9+. The Morgan fingerprint density at radius 2 is 1.75 bits per heavy atom. The van der Waals surface area contributed by atoms with Crippen LogP contribution < -0.4 is 0 Å². The van der Waals surface area contributed by atoms with Gasteiger partial charge >= 0.3 is 6.18 Å². The van der Waals surface area contributed by atoms with Crippen LogP contribution in [0.1, 0.15) is 12.5 Å². The Labute approximate surface area is 123 Å². The molecule has 1 unspecified atom stereocenters. The van der Waals surface area contributed by atoms with Crippen LogP contribution in [0.4, 0.5) is 13.2 Å². The Hall–Kier alpha value is -0.783. The van der Waals surface area contributed by atoms with Crippen molar-refractivity contribution < 1.29 is 17.6 Å². The fourth-order valence-corrected chi connectivity index (χ4v) is 3.16. The van der Waals surface area contributed by atoms with Gasteiger partial charge in [0.25, 0.3) is 0 Å². The fraction of sp³-hybridized carbons (Fsp3) is 0.429. The first kappa shape index (κ1) is 17.3. The zero-order valence-corrected chi connectivity index (χ0v) is 13.4. The molecule has 6 heteroatoms. The molecular weight excluding hydrogens is 305 g/mol. The minimum absolute atomic E-state index is 0.109. The lowest BCUT2D eigenvalue weighted by Crippen LogP contribution is -2.51. The van der Waals surface area contributed by atoms with Crippen molar-refractivity contribution >= 4 is 26.0 Å². The Morgan fingerprint density at radius 1 is 1.20 bits per heavy atom. The molecule has 20 heavy (non-hydrogen) atoms. The third-order valence-electron chi connectivity index (χ3n) is 2.77. The molecule has 0 bridgehead atoms. The lowest BCUT2D eigenvalue weighted by Gasteiger charge is -2.36. The zero-order chi connectivity index (χ0) is 15.4. The van der Waals surface area contributed by atoms with Crippen molar-refractivity contribution in [2.75, 3.05) is 5.50 Å². The summed E-state index contributed by atoms with van der Waals surface area (Å²) < 4.78 is 45.2. The Bertz CT molecular complexity index is 459. The summed E-state index contributed by atoms with van der Waals surface area (Å²) in [4.78, 5) is 0. The Morgan fingerprint density at radius 3 is 2.20 bits per heavy atom. The summed E-state index contributed by atoms with van der Waals surface area (Å²) in [6.07, 6.45) is -2.01. The lowest BCUT2D eigenvalue weighted by molar-refractivity contribution is -0.225. The lowest BCUT2D eigenvalue weighted by atomic mass is 10.0. The molecule has 0 saturated heterocycles. The van der Waals surface area contributed by atoms with Gasteiger partial charge in [-0.25, -0.2) is 0 Å². The van der Waals surface area contributed by atoms with Crippen molar-refractivity contribution in [1.82, 2.24) is 0 Å². The summed E-state index contributed by atoms with van der Waals surface area (Å²) in [6, 6.07) is 8.81. The molecule has 0 spiro atoms. The molecule has 1 nitrogen and oxygen atoms in total. The molecule has 112 valence electrons. The van der Waals surface area contributed by atoms with Crippen LogP contribution in [-0.2, 0) is 4.43 Å². The van der Waals surface area contributed by atoms with E-state index in [1.165, 1.54) is 6.08 Å². The van der Waals surface area contributed by atoms with Gasteiger partial charge in [0.2, 0.25) is 8.32 Å². The van der Waals surface area contributed by atoms with Crippen molar-refractivity contribution in [3.8, 4) is 0 Å². The first-order chi connectivity index (χ1) is 9.10. The summed E-state index contributed by atoms with van der Waals surface area (Å²) in [7, 11) is -2.57. The molecule has 0 N–H and O–H groups in total. The third-order valence-corrected chi connectivity index (χ3v) is 6.32. The van der Waals surface area contributed by atoms with E-state index in [0.29, 0.717) is 5.56 Å². The van der Waals surface area contributed by atoms with Crippen LogP contribution >= 0.6 is 11.6 Å². The van der Waals surface area contributed by atoms with Gasteiger partial charge in [-0.15, -0.1) is 11.6 Å². The molecule has 0 amide bonds. The van der Waals surface area contributed by atoms with Crippen molar-refractivity contribution in [3.05, 3.63) is 42.0 Å². The maximum atomic E-state index is 13.3.